The van der Waals surface area contributed by atoms with Gasteiger partial charge in [0.25, 0.3) is 5.91 Å². The third-order valence-electron chi connectivity index (χ3n) is 5.17. The molecule has 3 aromatic rings. The van der Waals surface area contributed by atoms with Crippen molar-refractivity contribution in [2.45, 2.75) is 29.8 Å². The molecule has 0 bridgehead atoms. The Morgan fingerprint density at radius 3 is 2.69 bits per heavy atom. The molecular weight excluding hydrogens is 427 g/mol. The summed E-state index contributed by atoms with van der Waals surface area (Å²) in [5.74, 6) is 0.784. The van der Waals surface area contributed by atoms with Crippen molar-refractivity contribution in [3.8, 4) is 0 Å². The van der Waals surface area contributed by atoms with Gasteiger partial charge in [-0.1, -0.05) is 23.9 Å². The average Bonchev–Trinajstić information content (AvgIpc) is 2.81. The first-order valence-electron chi connectivity index (χ1n) is 10.5. The number of thioether (sulfide) groups is 1. The van der Waals surface area contributed by atoms with Crippen molar-refractivity contribution in [2.75, 3.05) is 29.5 Å². The largest absolute Gasteiger partial charge is 0.397 e. The minimum atomic E-state index is -0.445. The van der Waals surface area contributed by atoms with Crippen molar-refractivity contribution in [1.29, 1.82) is 0 Å². The van der Waals surface area contributed by atoms with Crippen molar-refractivity contribution >= 4 is 34.9 Å². The topological polar surface area (TPSA) is 105 Å². The lowest BCUT2D eigenvalue weighted by Gasteiger charge is -2.24. The van der Waals surface area contributed by atoms with Gasteiger partial charge in [0, 0.05) is 23.6 Å². The number of halogens is 1. The summed E-state index contributed by atoms with van der Waals surface area (Å²) in [4.78, 5) is 21.4. The number of hydrogen-bond donors (Lipinski definition) is 4. The van der Waals surface area contributed by atoms with Crippen LogP contribution in [0, 0.1) is 5.82 Å². The van der Waals surface area contributed by atoms with Crippen LogP contribution in [-0.2, 0) is 5.75 Å². The Labute approximate surface area is 190 Å². The number of hydrogen-bond acceptors (Lipinski definition) is 7. The van der Waals surface area contributed by atoms with Gasteiger partial charge in [-0.3, -0.25) is 4.79 Å². The van der Waals surface area contributed by atoms with E-state index in [0.717, 1.165) is 37.3 Å². The quantitative estimate of drug-likeness (QED) is 0.245. The number of rotatable bonds is 7. The van der Waals surface area contributed by atoms with Crippen molar-refractivity contribution < 1.29 is 9.18 Å². The summed E-state index contributed by atoms with van der Waals surface area (Å²) in [6.45, 7) is 2.05. The third-order valence-corrected chi connectivity index (χ3v) is 6.10. The first kappa shape index (κ1) is 22.0. The fraction of sp³-hybridized carbons (Fsp3) is 0.261. The molecule has 0 spiro atoms. The molecule has 0 radical (unpaired) electrons. The number of carbonyl (C=O) groups excluding carboxylic acids is 1. The Balaban J connectivity index is 1.32. The number of nitrogens with one attached hydrogen (secondary N) is 3. The molecule has 0 aliphatic carbocycles. The molecule has 7 nitrogen and oxygen atoms in total. The predicted octanol–water partition coefficient (Wildman–Crippen LogP) is 3.91. The van der Waals surface area contributed by atoms with Crippen LogP contribution in [0.4, 0.5) is 21.6 Å². The summed E-state index contributed by atoms with van der Waals surface area (Å²) in [6, 6.07) is 13.5. The van der Waals surface area contributed by atoms with Crippen molar-refractivity contribution in [1.82, 2.24) is 15.3 Å². The number of piperidine rings is 1. The van der Waals surface area contributed by atoms with E-state index >= 15 is 0 Å². The average molecular weight is 453 g/mol. The van der Waals surface area contributed by atoms with Crippen LogP contribution in [0.1, 0.15) is 28.8 Å². The van der Waals surface area contributed by atoms with Crippen LogP contribution in [-0.4, -0.2) is 35.0 Å². The van der Waals surface area contributed by atoms with E-state index in [0.29, 0.717) is 28.2 Å². The molecule has 1 aliphatic rings. The Hall–Kier alpha value is -3.17. The van der Waals surface area contributed by atoms with Gasteiger partial charge >= 0.3 is 0 Å². The van der Waals surface area contributed by atoms with E-state index in [1.165, 1.54) is 18.2 Å². The molecule has 1 saturated heterocycles. The van der Waals surface area contributed by atoms with E-state index in [9.17, 15) is 9.18 Å². The minimum Gasteiger partial charge on any atom is -0.397 e. The summed E-state index contributed by atoms with van der Waals surface area (Å²) in [5, 5.41) is 10.3. The van der Waals surface area contributed by atoms with Crippen LogP contribution < -0.4 is 21.7 Å². The molecule has 9 heteroatoms. The lowest BCUT2D eigenvalue weighted by atomic mass is 10.1. The molecular formula is C23H25FN6OS. The lowest BCUT2D eigenvalue weighted by molar-refractivity contribution is 0.102. The Morgan fingerprint density at radius 2 is 1.94 bits per heavy atom. The van der Waals surface area contributed by atoms with Crippen LogP contribution in [0.25, 0.3) is 0 Å². The van der Waals surface area contributed by atoms with E-state index in [4.69, 9.17) is 5.73 Å². The fourth-order valence-corrected chi connectivity index (χ4v) is 4.19. The molecule has 2 heterocycles. The summed E-state index contributed by atoms with van der Waals surface area (Å²) < 4.78 is 13.2. The van der Waals surface area contributed by atoms with Crippen molar-refractivity contribution in [3.05, 3.63) is 71.7 Å². The molecule has 1 aromatic heterocycles. The summed E-state index contributed by atoms with van der Waals surface area (Å²) >= 11 is 1.54. The zero-order valence-electron chi connectivity index (χ0n) is 17.5. The number of nitrogens with zero attached hydrogens (tertiary/aromatic N) is 2. The number of aromatic nitrogens is 2. The monoisotopic (exact) mass is 452 g/mol. The van der Waals surface area contributed by atoms with E-state index in [1.807, 2.05) is 18.2 Å². The predicted molar refractivity (Wildman–Crippen MR) is 126 cm³/mol. The number of carbonyl (C=O) groups is 1. The standard InChI is InChI=1S/C23H25FN6OS/c24-17-5-6-20(19(25)13-17)29-22(31)16-3-1-15(2-4-16)14-32-23-27-12-9-21(30-23)28-18-7-10-26-11-8-18/h1-6,9,12-13,18,26H,7-8,10-11,14,25H2,(H,29,31)(H,27,28,30). The second-order valence-electron chi connectivity index (χ2n) is 7.56. The maximum atomic E-state index is 13.2. The molecule has 4 rings (SSSR count). The summed E-state index contributed by atoms with van der Waals surface area (Å²) in [6.07, 6.45) is 3.94. The van der Waals surface area contributed by atoms with Gasteiger partial charge in [0.05, 0.1) is 11.4 Å². The van der Waals surface area contributed by atoms with Crippen LogP contribution in [0.2, 0.25) is 0 Å². The van der Waals surface area contributed by atoms with Gasteiger partial charge in [0.15, 0.2) is 5.16 Å². The summed E-state index contributed by atoms with van der Waals surface area (Å²) in [5.41, 5.74) is 7.86. The molecule has 1 amide bonds. The van der Waals surface area contributed by atoms with Crippen LogP contribution >= 0.6 is 11.8 Å². The second kappa shape index (κ2) is 10.4. The second-order valence-corrected chi connectivity index (χ2v) is 8.51. The van der Waals surface area contributed by atoms with Gasteiger partial charge in [-0.2, -0.15) is 0 Å². The maximum Gasteiger partial charge on any atom is 0.255 e. The van der Waals surface area contributed by atoms with Gasteiger partial charge in [0.2, 0.25) is 0 Å². The minimum absolute atomic E-state index is 0.184. The SMILES string of the molecule is Nc1cc(F)ccc1NC(=O)c1ccc(CSc2nccc(NC3CCNCC3)n2)cc1. The normalized spacial score (nSPS) is 14.2. The van der Waals surface area contributed by atoms with Gasteiger partial charge in [-0.25, -0.2) is 14.4 Å². The van der Waals surface area contributed by atoms with Gasteiger partial charge in [-0.15, -0.1) is 0 Å². The summed E-state index contributed by atoms with van der Waals surface area (Å²) in [7, 11) is 0. The van der Waals surface area contributed by atoms with Crippen LogP contribution in [0.3, 0.4) is 0 Å². The number of anilines is 3. The van der Waals surface area contributed by atoms with Gasteiger partial charge in [0.1, 0.15) is 11.6 Å². The highest BCUT2D eigenvalue weighted by Gasteiger charge is 2.13. The molecule has 166 valence electrons. The van der Waals surface area contributed by atoms with E-state index in [2.05, 4.69) is 25.9 Å². The molecule has 1 aliphatic heterocycles. The highest BCUT2D eigenvalue weighted by atomic mass is 32.2. The maximum absolute atomic E-state index is 13.2. The van der Waals surface area contributed by atoms with Crippen molar-refractivity contribution in [3.63, 3.8) is 0 Å². The highest BCUT2D eigenvalue weighted by Crippen LogP contribution is 2.23. The number of amides is 1. The zero-order valence-corrected chi connectivity index (χ0v) is 18.3. The smallest absolute Gasteiger partial charge is 0.255 e. The first-order chi connectivity index (χ1) is 15.6. The molecule has 0 unspecified atom stereocenters. The molecule has 1 fully saturated rings. The van der Waals surface area contributed by atoms with Crippen LogP contribution in [0.15, 0.2) is 59.9 Å². The van der Waals surface area contributed by atoms with Crippen molar-refractivity contribution in [2.24, 2.45) is 0 Å². The van der Waals surface area contributed by atoms with Gasteiger partial charge < -0.3 is 21.7 Å². The number of benzene rings is 2. The van der Waals surface area contributed by atoms with E-state index < -0.39 is 5.82 Å². The fourth-order valence-electron chi connectivity index (χ4n) is 3.41. The Bertz CT molecular complexity index is 1070. The molecule has 0 saturated carbocycles. The Kier molecular flexibility index (Phi) is 7.18. The van der Waals surface area contributed by atoms with E-state index in [1.54, 1.807) is 30.1 Å². The highest BCUT2D eigenvalue weighted by molar-refractivity contribution is 7.98. The number of nitrogens with two attached hydrogens (primary N) is 1. The third kappa shape index (κ3) is 5.95. The van der Waals surface area contributed by atoms with E-state index in [-0.39, 0.29) is 11.6 Å². The molecule has 2 aromatic carbocycles. The Morgan fingerprint density at radius 1 is 1.16 bits per heavy atom. The van der Waals surface area contributed by atoms with Gasteiger partial charge in [-0.05, 0) is 67.9 Å². The zero-order chi connectivity index (χ0) is 22.3. The molecule has 32 heavy (non-hydrogen) atoms. The molecule has 5 N–H and O–H groups in total. The van der Waals surface area contributed by atoms with Crippen LogP contribution in [0.5, 0.6) is 0 Å². The molecule has 0 atom stereocenters. The number of nitrogen functional groups attached to an aromatic ring is 1. The first-order valence-corrected chi connectivity index (χ1v) is 11.4. The lowest BCUT2D eigenvalue weighted by Crippen LogP contribution is -2.35.